The molecule has 4 heteroatoms. The predicted molar refractivity (Wildman–Crippen MR) is 60.9 cm³/mol. The maximum Gasteiger partial charge on any atom is 0.307 e. The molecule has 2 atom stereocenters. The van der Waals surface area contributed by atoms with Gasteiger partial charge in [0, 0.05) is 0 Å². The van der Waals surface area contributed by atoms with Crippen LogP contribution in [0.2, 0.25) is 0 Å². The van der Waals surface area contributed by atoms with Gasteiger partial charge in [-0.15, -0.1) is 0 Å². The number of benzene rings is 1. The van der Waals surface area contributed by atoms with Gasteiger partial charge in [-0.2, -0.15) is 0 Å². The average Bonchev–Trinajstić information content (AvgIpc) is 2.69. The van der Waals surface area contributed by atoms with Crippen molar-refractivity contribution in [3.63, 3.8) is 0 Å². The van der Waals surface area contributed by atoms with Crippen molar-refractivity contribution in [1.82, 2.24) is 0 Å². The van der Waals surface area contributed by atoms with Crippen molar-refractivity contribution in [3.05, 3.63) is 35.4 Å². The number of fused-ring (bicyclic) bond motifs is 1. The molecule has 17 heavy (non-hydrogen) atoms. The van der Waals surface area contributed by atoms with Gasteiger partial charge >= 0.3 is 11.9 Å². The summed E-state index contributed by atoms with van der Waals surface area (Å²) in [5, 5.41) is 17.9. The summed E-state index contributed by atoms with van der Waals surface area (Å²) < 4.78 is 0. The summed E-state index contributed by atoms with van der Waals surface area (Å²) in [7, 11) is 0. The Morgan fingerprint density at radius 1 is 1.29 bits per heavy atom. The molecule has 1 aromatic rings. The zero-order chi connectivity index (χ0) is 12.4. The smallest absolute Gasteiger partial charge is 0.307 e. The van der Waals surface area contributed by atoms with E-state index < -0.39 is 17.9 Å². The number of aryl methyl sites for hydroxylation is 1. The van der Waals surface area contributed by atoms with Gasteiger partial charge in [-0.05, 0) is 29.9 Å². The van der Waals surface area contributed by atoms with E-state index >= 15 is 0 Å². The number of aliphatic carboxylic acids is 2. The Labute approximate surface area is 98.9 Å². The molecular weight excluding hydrogens is 220 g/mol. The summed E-state index contributed by atoms with van der Waals surface area (Å²) in [5.74, 6) is -3.06. The third-order valence-electron chi connectivity index (χ3n) is 3.38. The predicted octanol–water partition coefficient (Wildman–Crippen LogP) is 1.89. The summed E-state index contributed by atoms with van der Waals surface area (Å²) in [4.78, 5) is 21.9. The first-order valence-electron chi connectivity index (χ1n) is 5.62. The number of hydrogen-bond donors (Lipinski definition) is 2. The molecule has 90 valence electrons. The van der Waals surface area contributed by atoms with Gasteiger partial charge in [-0.1, -0.05) is 24.3 Å². The molecule has 0 saturated carbocycles. The Hall–Kier alpha value is -1.84. The minimum atomic E-state index is -1.05. The van der Waals surface area contributed by atoms with Crippen LogP contribution in [0.4, 0.5) is 0 Å². The molecule has 2 rings (SSSR count). The van der Waals surface area contributed by atoms with Gasteiger partial charge in [0.15, 0.2) is 0 Å². The van der Waals surface area contributed by atoms with Crippen LogP contribution in [-0.4, -0.2) is 22.2 Å². The van der Waals surface area contributed by atoms with Crippen LogP contribution < -0.4 is 0 Å². The van der Waals surface area contributed by atoms with E-state index in [0.29, 0.717) is 0 Å². The molecule has 0 aromatic heterocycles. The highest BCUT2D eigenvalue weighted by Crippen LogP contribution is 2.39. The second-order valence-electron chi connectivity index (χ2n) is 4.39. The Balaban J connectivity index is 2.27. The van der Waals surface area contributed by atoms with Crippen molar-refractivity contribution >= 4 is 11.9 Å². The lowest BCUT2D eigenvalue weighted by molar-refractivity contribution is -0.149. The average molecular weight is 234 g/mol. The van der Waals surface area contributed by atoms with Crippen LogP contribution >= 0.6 is 0 Å². The lowest BCUT2D eigenvalue weighted by Gasteiger charge is -2.18. The standard InChI is InChI=1S/C13H14O4/c14-12(15)7-11(13(16)17)10-6-5-8-3-1-2-4-9(8)10/h1-4,10-11H,5-7H2,(H,14,15)(H,16,17)/t10-,11-/m1/s1. The molecule has 2 N–H and O–H groups in total. The van der Waals surface area contributed by atoms with Gasteiger partial charge in [0.2, 0.25) is 0 Å². The number of hydrogen-bond acceptors (Lipinski definition) is 2. The number of carbonyl (C=O) groups is 2. The molecule has 0 radical (unpaired) electrons. The van der Waals surface area contributed by atoms with Crippen LogP contribution in [0.5, 0.6) is 0 Å². The normalized spacial score (nSPS) is 19.6. The third kappa shape index (κ3) is 2.30. The fourth-order valence-corrected chi connectivity index (χ4v) is 2.60. The van der Waals surface area contributed by atoms with Crippen molar-refractivity contribution in [1.29, 1.82) is 0 Å². The number of carboxylic acids is 2. The first-order valence-corrected chi connectivity index (χ1v) is 5.62. The highest BCUT2D eigenvalue weighted by atomic mass is 16.4. The molecule has 0 heterocycles. The molecule has 0 fully saturated rings. The van der Waals surface area contributed by atoms with E-state index in [1.54, 1.807) is 0 Å². The van der Waals surface area contributed by atoms with Gasteiger partial charge in [-0.3, -0.25) is 9.59 Å². The molecule has 0 unspecified atom stereocenters. The molecule has 1 aliphatic carbocycles. The SMILES string of the molecule is O=C(O)C[C@@H](C(=O)O)[C@@H]1CCc2ccccc21. The second-order valence-corrected chi connectivity index (χ2v) is 4.39. The van der Waals surface area contributed by atoms with Crippen LogP contribution in [0.15, 0.2) is 24.3 Å². The minimum Gasteiger partial charge on any atom is -0.481 e. The summed E-state index contributed by atoms with van der Waals surface area (Å²) in [6.07, 6.45) is 1.25. The van der Waals surface area contributed by atoms with Crippen molar-refractivity contribution in [2.24, 2.45) is 5.92 Å². The molecular formula is C13H14O4. The summed E-state index contributed by atoms with van der Waals surface area (Å²) in [5.41, 5.74) is 2.15. The van der Waals surface area contributed by atoms with Crippen LogP contribution in [0.1, 0.15) is 29.9 Å². The molecule has 0 amide bonds. The fourth-order valence-electron chi connectivity index (χ4n) is 2.60. The zero-order valence-corrected chi connectivity index (χ0v) is 9.30. The summed E-state index contributed by atoms with van der Waals surface area (Å²) in [6.45, 7) is 0. The van der Waals surface area contributed by atoms with Crippen LogP contribution in [0.3, 0.4) is 0 Å². The quantitative estimate of drug-likeness (QED) is 0.834. The van der Waals surface area contributed by atoms with Gasteiger partial charge < -0.3 is 10.2 Å². The highest BCUT2D eigenvalue weighted by Gasteiger charge is 2.35. The fraction of sp³-hybridized carbons (Fsp3) is 0.385. The van der Waals surface area contributed by atoms with E-state index in [1.165, 1.54) is 0 Å². The van der Waals surface area contributed by atoms with Gasteiger partial charge in [0.05, 0.1) is 12.3 Å². The lowest BCUT2D eigenvalue weighted by atomic mass is 9.85. The topological polar surface area (TPSA) is 74.6 Å². The molecule has 0 saturated heterocycles. The Morgan fingerprint density at radius 2 is 2.00 bits per heavy atom. The highest BCUT2D eigenvalue weighted by molar-refractivity contribution is 5.79. The summed E-state index contributed by atoms with van der Waals surface area (Å²) in [6, 6.07) is 7.69. The van der Waals surface area contributed by atoms with E-state index in [9.17, 15) is 9.59 Å². The molecule has 0 bridgehead atoms. The molecule has 0 spiro atoms. The van der Waals surface area contributed by atoms with Crippen LogP contribution in [-0.2, 0) is 16.0 Å². The molecule has 1 aromatic carbocycles. The van der Waals surface area contributed by atoms with Crippen LogP contribution in [0.25, 0.3) is 0 Å². The van der Waals surface area contributed by atoms with Crippen molar-refractivity contribution in [2.75, 3.05) is 0 Å². The summed E-state index contributed by atoms with van der Waals surface area (Å²) >= 11 is 0. The second kappa shape index (κ2) is 4.57. The maximum atomic E-state index is 11.2. The van der Waals surface area contributed by atoms with Gasteiger partial charge in [0.1, 0.15) is 0 Å². The van der Waals surface area contributed by atoms with Crippen molar-refractivity contribution in [2.45, 2.75) is 25.2 Å². The largest absolute Gasteiger partial charge is 0.481 e. The van der Waals surface area contributed by atoms with Gasteiger partial charge in [-0.25, -0.2) is 0 Å². The first-order chi connectivity index (χ1) is 8.09. The Bertz CT molecular complexity index is 452. The number of rotatable bonds is 4. The third-order valence-corrected chi connectivity index (χ3v) is 3.38. The monoisotopic (exact) mass is 234 g/mol. The molecule has 1 aliphatic rings. The number of carboxylic acid groups (broad SMARTS) is 2. The van der Waals surface area contributed by atoms with Crippen LogP contribution in [0, 0.1) is 5.92 Å². The van der Waals surface area contributed by atoms with E-state index in [1.807, 2.05) is 24.3 Å². The lowest BCUT2D eigenvalue weighted by Crippen LogP contribution is -2.23. The Morgan fingerprint density at radius 3 is 2.65 bits per heavy atom. The zero-order valence-electron chi connectivity index (χ0n) is 9.30. The van der Waals surface area contributed by atoms with E-state index in [2.05, 4.69) is 0 Å². The van der Waals surface area contributed by atoms with Crippen molar-refractivity contribution < 1.29 is 19.8 Å². The Kier molecular flexibility index (Phi) is 3.13. The minimum absolute atomic E-state index is 0.167. The van der Waals surface area contributed by atoms with Gasteiger partial charge in [0.25, 0.3) is 0 Å². The first kappa shape index (κ1) is 11.6. The van der Waals surface area contributed by atoms with Crippen molar-refractivity contribution in [3.8, 4) is 0 Å². The van der Waals surface area contributed by atoms with E-state index in [0.717, 1.165) is 24.0 Å². The van der Waals surface area contributed by atoms with E-state index in [-0.39, 0.29) is 12.3 Å². The maximum absolute atomic E-state index is 11.2. The molecule has 4 nitrogen and oxygen atoms in total. The van der Waals surface area contributed by atoms with E-state index in [4.69, 9.17) is 10.2 Å². The molecule has 0 aliphatic heterocycles.